The molecule has 1 aromatic carbocycles. The predicted molar refractivity (Wildman–Crippen MR) is 67.0 cm³/mol. The number of hydrogen-bond donors (Lipinski definition) is 2. The fraction of sp³-hybridized carbons (Fsp3) is 0.429. The summed E-state index contributed by atoms with van der Waals surface area (Å²) in [5.74, 6) is -3.11. The molecule has 0 spiro atoms. The Morgan fingerprint density at radius 3 is 2.65 bits per heavy atom. The van der Waals surface area contributed by atoms with Crippen molar-refractivity contribution in [3.8, 4) is 0 Å². The summed E-state index contributed by atoms with van der Waals surface area (Å²) in [5, 5.41) is 11.6. The summed E-state index contributed by atoms with van der Waals surface area (Å²) in [4.78, 5) is 22.6. The van der Waals surface area contributed by atoms with Gasteiger partial charge in [-0.1, -0.05) is 6.07 Å². The normalized spacial score (nSPS) is 21.7. The van der Waals surface area contributed by atoms with Gasteiger partial charge in [-0.25, -0.2) is 8.78 Å². The summed E-state index contributed by atoms with van der Waals surface area (Å²) in [7, 11) is 0. The van der Waals surface area contributed by atoms with E-state index in [0.29, 0.717) is 19.3 Å². The van der Waals surface area contributed by atoms with Gasteiger partial charge in [-0.2, -0.15) is 0 Å². The van der Waals surface area contributed by atoms with E-state index < -0.39 is 23.5 Å². The van der Waals surface area contributed by atoms with Crippen molar-refractivity contribution in [1.82, 2.24) is 5.32 Å². The standard InChI is InChI=1S/C14H15F2NO3/c15-10-3-1-8(12(16)7-10)6-13(18)17-11-4-2-9(5-11)14(19)20/h1,3,7,9,11H,2,4-6H2,(H,17,18)(H,19,20)/t9-,11+/m0/s1. The number of rotatable bonds is 4. The first-order valence-corrected chi connectivity index (χ1v) is 6.42. The molecule has 0 aromatic heterocycles. The van der Waals surface area contributed by atoms with Crippen LogP contribution in [-0.4, -0.2) is 23.0 Å². The van der Waals surface area contributed by atoms with Crippen LogP contribution in [0.25, 0.3) is 0 Å². The molecule has 0 bridgehead atoms. The molecule has 2 atom stereocenters. The topological polar surface area (TPSA) is 66.4 Å². The summed E-state index contributed by atoms with van der Waals surface area (Å²) < 4.78 is 26.1. The predicted octanol–water partition coefficient (Wildman–Crippen LogP) is 1.88. The van der Waals surface area contributed by atoms with Crippen LogP contribution in [0, 0.1) is 17.6 Å². The van der Waals surface area contributed by atoms with Gasteiger partial charge in [-0.15, -0.1) is 0 Å². The molecule has 0 saturated heterocycles. The summed E-state index contributed by atoms with van der Waals surface area (Å²) in [6.45, 7) is 0. The van der Waals surface area contributed by atoms with E-state index in [1.165, 1.54) is 6.07 Å². The zero-order chi connectivity index (χ0) is 14.7. The van der Waals surface area contributed by atoms with Crippen molar-refractivity contribution in [3.05, 3.63) is 35.4 Å². The van der Waals surface area contributed by atoms with E-state index in [1.807, 2.05) is 0 Å². The molecule has 1 fully saturated rings. The summed E-state index contributed by atoms with van der Waals surface area (Å²) in [6.07, 6.45) is 1.35. The molecule has 0 radical (unpaired) electrons. The van der Waals surface area contributed by atoms with E-state index in [-0.39, 0.29) is 23.9 Å². The number of carboxylic acids is 1. The van der Waals surface area contributed by atoms with Crippen LogP contribution < -0.4 is 5.32 Å². The molecule has 2 N–H and O–H groups in total. The maximum atomic E-state index is 13.4. The Labute approximate surface area is 114 Å². The van der Waals surface area contributed by atoms with Crippen LogP contribution in [0.2, 0.25) is 0 Å². The molecule has 20 heavy (non-hydrogen) atoms. The molecule has 108 valence electrons. The number of hydrogen-bond acceptors (Lipinski definition) is 2. The van der Waals surface area contributed by atoms with Gasteiger partial charge in [0.25, 0.3) is 0 Å². The lowest BCUT2D eigenvalue weighted by Crippen LogP contribution is -2.34. The molecular weight excluding hydrogens is 268 g/mol. The summed E-state index contributed by atoms with van der Waals surface area (Å²) in [6, 6.07) is 2.88. The molecule has 0 unspecified atom stereocenters. The molecule has 1 saturated carbocycles. The lowest BCUT2D eigenvalue weighted by atomic mass is 10.1. The first-order valence-electron chi connectivity index (χ1n) is 6.42. The third kappa shape index (κ3) is 3.53. The number of carbonyl (C=O) groups is 2. The number of halogens is 2. The molecule has 0 aliphatic heterocycles. The minimum atomic E-state index is -0.855. The Balaban J connectivity index is 1.88. The van der Waals surface area contributed by atoms with Crippen LogP contribution in [0.15, 0.2) is 18.2 Å². The minimum Gasteiger partial charge on any atom is -0.481 e. The first kappa shape index (κ1) is 14.4. The second-order valence-electron chi connectivity index (χ2n) is 5.03. The highest BCUT2D eigenvalue weighted by Crippen LogP contribution is 2.25. The minimum absolute atomic E-state index is 0.122. The number of amides is 1. The average Bonchev–Trinajstić information content (AvgIpc) is 2.81. The second-order valence-corrected chi connectivity index (χ2v) is 5.03. The van der Waals surface area contributed by atoms with Gasteiger partial charge in [-0.3, -0.25) is 9.59 Å². The second kappa shape index (κ2) is 5.98. The van der Waals surface area contributed by atoms with Crippen LogP contribution >= 0.6 is 0 Å². The quantitative estimate of drug-likeness (QED) is 0.886. The van der Waals surface area contributed by atoms with E-state index in [0.717, 1.165) is 12.1 Å². The van der Waals surface area contributed by atoms with Crippen molar-refractivity contribution >= 4 is 11.9 Å². The Morgan fingerprint density at radius 2 is 2.05 bits per heavy atom. The highest BCUT2D eigenvalue weighted by molar-refractivity contribution is 5.79. The molecule has 1 aliphatic rings. The van der Waals surface area contributed by atoms with E-state index in [9.17, 15) is 18.4 Å². The fourth-order valence-electron chi connectivity index (χ4n) is 2.45. The van der Waals surface area contributed by atoms with Crippen molar-refractivity contribution < 1.29 is 23.5 Å². The zero-order valence-electron chi connectivity index (χ0n) is 10.7. The Morgan fingerprint density at radius 1 is 1.30 bits per heavy atom. The van der Waals surface area contributed by atoms with Crippen molar-refractivity contribution in [2.75, 3.05) is 0 Å². The zero-order valence-corrected chi connectivity index (χ0v) is 10.7. The number of aliphatic carboxylic acids is 1. The maximum absolute atomic E-state index is 13.4. The van der Waals surface area contributed by atoms with Crippen molar-refractivity contribution in [2.45, 2.75) is 31.7 Å². The average molecular weight is 283 g/mol. The molecule has 4 nitrogen and oxygen atoms in total. The maximum Gasteiger partial charge on any atom is 0.306 e. The van der Waals surface area contributed by atoms with Gasteiger partial charge in [0.05, 0.1) is 12.3 Å². The van der Waals surface area contributed by atoms with Gasteiger partial charge < -0.3 is 10.4 Å². The van der Waals surface area contributed by atoms with Gasteiger partial charge in [0.15, 0.2) is 0 Å². The van der Waals surface area contributed by atoms with E-state index >= 15 is 0 Å². The van der Waals surface area contributed by atoms with Crippen molar-refractivity contribution in [1.29, 1.82) is 0 Å². The summed E-state index contributed by atoms with van der Waals surface area (Å²) in [5.41, 5.74) is 0.122. The Kier molecular flexibility index (Phi) is 4.32. The Hall–Kier alpha value is -1.98. The third-order valence-corrected chi connectivity index (χ3v) is 3.51. The largest absolute Gasteiger partial charge is 0.481 e. The third-order valence-electron chi connectivity index (χ3n) is 3.51. The van der Waals surface area contributed by atoms with Crippen LogP contribution in [0.3, 0.4) is 0 Å². The molecule has 2 rings (SSSR count). The van der Waals surface area contributed by atoms with Gasteiger partial charge in [-0.05, 0) is 30.9 Å². The van der Waals surface area contributed by atoms with Gasteiger partial charge in [0.1, 0.15) is 11.6 Å². The van der Waals surface area contributed by atoms with Crippen LogP contribution in [0.1, 0.15) is 24.8 Å². The number of carbonyl (C=O) groups excluding carboxylic acids is 1. The molecule has 1 amide bonds. The lowest BCUT2D eigenvalue weighted by molar-refractivity contribution is -0.141. The van der Waals surface area contributed by atoms with Crippen molar-refractivity contribution in [2.24, 2.45) is 5.92 Å². The van der Waals surface area contributed by atoms with E-state index in [1.54, 1.807) is 0 Å². The van der Waals surface area contributed by atoms with Crippen molar-refractivity contribution in [3.63, 3.8) is 0 Å². The molecule has 0 heterocycles. The van der Waals surface area contributed by atoms with Crippen LogP contribution in [0.4, 0.5) is 8.78 Å². The SMILES string of the molecule is O=C(Cc1ccc(F)cc1F)N[C@@H]1CC[C@H](C(=O)O)C1. The number of benzene rings is 1. The van der Waals surface area contributed by atoms with E-state index in [2.05, 4.69) is 5.32 Å². The Bertz CT molecular complexity index is 533. The fourth-order valence-corrected chi connectivity index (χ4v) is 2.45. The monoisotopic (exact) mass is 283 g/mol. The summed E-state index contributed by atoms with van der Waals surface area (Å²) >= 11 is 0. The number of carboxylic acid groups (broad SMARTS) is 1. The van der Waals surface area contributed by atoms with Crippen LogP contribution in [-0.2, 0) is 16.0 Å². The molecule has 1 aromatic rings. The van der Waals surface area contributed by atoms with E-state index in [4.69, 9.17) is 5.11 Å². The van der Waals surface area contributed by atoms with Gasteiger partial charge in [0, 0.05) is 12.1 Å². The first-order chi connectivity index (χ1) is 9.45. The van der Waals surface area contributed by atoms with Crippen LogP contribution in [0.5, 0.6) is 0 Å². The number of nitrogens with one attached hydrogen (secondary N) is 1. The molecule has 6 heteroatoms. The van der Waals surface area contributed by atoms with Gasteiger partial charge in [0.2, 0.25) is 5.91 Å². The molecule has 1 aliphatic carbocycles. The highest BCUT2D eigenvalue weighted by atomic mass is 19.1. The molecular formula is C14H15F2NO3. The van der Waals surface area contributed by atoms with Gasteiger partial charge >= 0.3 is 5.97 Å². The lowest BCUT2D eigenvalue weighted by Gasteiger charge is -2.12. The highest BCUT2D eigenvalue weighted by Gasteiger charge is 2.30. The smallest absolute Gasteiger partial charge is 0.306 e.